The first kappa shape index (κ1) is 27.3. The van der Waals surface area contributed by atoms with E-state index in [0.717, 1.165) is 43.7 Å². The molecule has 5 heteroatoms. The van der Waals surface area contributed by atoms with Crippen molar-refractivity contribution in [2.45, 2.75) is 46.7 Å². The number of aryl methyl sites for hydroxylation is 4. The maximum absolute atomic E-state index is 13.7. The van der Waals surface area contributed by atoms with Crippen LogP contribution in [0.2, 0.25) is 0 Å². The Morgan fingerprint density at radius 1 is 0.632 bits per heavy atom. The molecule has 0 amide bonds. The molecular formula is C33H35O4P. The Morgan fingerprint density at radius 2 is 1.08 bits per heavy atom. The van der Waals surface area contributed by atoms with Crippen LogP contribution in [0.1, 0.15) is 40.7 Å². The van der Waals surface area contributed by atoms with Crippen molar-refractivity contribution < 1.29 is 19.2 Å². The van der Waals surface area contributed by atoms with Crippen LogP contribution in [0.15, 0.2) is 97.1 Å². The van der Waals surface area contributed by atoms with Gasteiger partial charge in [-0.1, -0.05) is 0 Å². The summed E-state index contributed by atoms with van der Waals surface area (Å²) in [4.78, 5) is 25.2. The van der Waals surface area contributed by atoms with Gasteiger partial charge in [0.25, 0.3) is 0 Å². The van der Waals surface area contributed by atoms with E-state index in [0.29, 0.717) is 6.16 Å². The van der Waals surface area contributed by atoms with Crippen molar-refractivity contribution in [2.24, 2.45) is 0 Å². The second-order valence-electron chi connectivity index (χ2n) is 10.2. The second kappa shape index (κ2) is 10.9. The van der Waals surface area contributed by atoms with Crippen LogP contribution in [-0.2, 0) is 20.3 Å². The third-order valence-electron chi connectivity index (χ3n) is 7.09. The maximum atomic E-state index is 13.7. The number of benzene rings is 4. The molecule has 0 aliphatic heterocycles. The number of carbonyl (C=O) groups is 2. The quantitative estimate of drug-likeness (QED) is 0.261. The SMILES string of the molecule is Cc1ccc(CP(OC(=O)CCC(=O)O)(c2cccc(C)c2)(c2cccc(C)c2)c2cccc(C)c2)cc1. The summed E-state index contributed by atoms with van der Waals surface area (Å²) in [5.74, 6) is -1.54. The Bertz CT molecular complexity index is 1360. The summed E-state index contributed by atoms with van der Waals surface area (Å²) in [6.07, 6.45) is -0.0308. The molecular weight excluding hydrogens is 491 g/mol. The second-order valence-corrected chi connectivity index (χ2v) is 14.7. The fourth-order valence-electron chi connectivity index (χ4n) is 5.20. The van der Waals surface area contributed by atoms with E-state index in [-0.39, 0.29) is 12.8 Å². The van der Waals surface area contributed by atoms with Gasteiger partial charge >= 0.3 is 225 Å². The van der Waals surface area contributed by atoms with Gasteiger partial charge in [0.15, 0.2) is 0 Å². The van der Waals surface area contributed by atoms with E-state index >= 15 is 0 Å². The number of rotatable bonds is 9. The Labute approximate surface area is 225 Å². The standard InChI is InChI=1S/C33H35O4P/c1-24-14-16-28(17-15-24)23-38(29-11-5-8-25(2)20-29,30-12-6-9-26(3)21-30,31-13-7-10-27(4)22-31)37-33(36)19-18-32(34)35/h5-17,20-22H,18-19,23H2,1-4H3,(H,34,35). The summed E-state index contributed by atoms with van der Waals surface area (Å²) in [5, 5.41) is 12.2. The van der Waals surface area contributed by atoms with Crippen LogP contribution < -0.4 is 15.9 Å². The zero-order valence-electron chi connectivity index (χ0n) is 22.5. The molecule has 0 aliphatic rings. The van der Waals surface area contributed by atoms with Crippen molar-refractivity contribution in [3.05, 3.63) is 125 Å². The molecule has 0 spiro atoms. The van der Waals surface area contributed by atoms with Crippen molar-refractivity contribution in [1.82, 2.24) is 0 Å². The van der Waals surface area contributed by atoms with Crippen LogP contribution in [0.4, 0.5) is 0 Å². The summed E-state index contributed by atoms with van der Waals surface area (Å²) in [6, 6.07) is 33.1. The number of hydrogen-bond donors (Lipinski definition) is 1. The Kier molecular flexibility index (Phi) is 7.85. The molecule has 0 aliphatic carbocycles. The molecule has 0 bridgehead atoms. The molecule has 196 valence electrons. The fourth-order valence-corrected chi connectivity index (χ4v) is 11.1. The average Bonchev–Trinajstić information content (AvgIpc) is 2.88. The third-order valence-corrected chi connectivity index (χ3v) is 12.8. The fraction of sp³-hybridized carbons (Fsp3) is 0.212. The average molecular weight is 527 g/mol. The van der Waals surface area contributed by atoms with Gasteiger partial charge in [0.2, 0.25) is 0 Å². The molecule has 0 atom stereocenters. The van der Waals surface area contributed by atoms with Crippen molar-refractivity contribution in [3.63, 3.8) is 0 Å². The van der Waals surface area contributed by atoms with E-state index in [9.17, 15) is 14.7 Å². The van der Waals surface area contributed by atoms with Crippen LogP contribution in [-0.4, -0.2) is 17.0 Å². The van der Waals surface area contributed by atoms with Gasteiger partial charge in [0, 0.05) is 0 Å². The Balaban J connectivity index is 2.18. The number of hydrogen-bond acceptors (Lipinski definition) is 3. The summed E-state index contributed by atoms with van der Waals surface area (Å²) in [5.41, 5.74) is 5.37. The molecule has 0 unspecified atom stereocenters. The van der Waals surface area contributed by atoms with Crippen molar-refractivity contribution in [1.29, 1.82) is 0 Å². The van der Waals surface area contributed by atoms with Crippen LogP contribution >= 0.6 is 6.83 Å². The predicted molar refractivity (Wildman–Crippen MR) is 157 cm³/mol. The molecule has 1 N–H and O–H groups in total. The monoisotopic (exact) mass is 526 g/mol. The van der Waals surface area contributed by atoms with Gasteiger partial charge in [-0.15, -0.1) is 0 Å². The number of carbonyl (C=O) groups excluding carboxylic acids is 1. The van der Waals surface area contributed by atoms with Gasteiger partial charge in [0.1, 0.15) is 0 Å². The van der Waals surface area contributed by atoms with Gasteiger partial charge in [-0.2, -0.15) is 0 Å². The molecule has 0 saturated carbocycles. The van der Waals surface area contributed by atoms with Gasteiger partial charge in [-0.05, 0) is 0 Å². The molecule has 4 aromatic carbocycles. The molecule has 0 saturated heterocycles. The van der Waals surface area contributed by atoms with E-state index in [1.165, 1.54) is 0 Å². The molecule has 38 heavy (non-hydrogen) atoms. The van der Waals surface area contributed by atoms with E-state index in [1.54, 1.807) is 0 Å². The van der Waals surface area contributed by atoms with Crippen LogP contribution in [0, 0.1) is 27.7 Å². The van der Waals surface area contributed by atoms with Crippen LogP contribution in [0.3, 0.4) is 0 Å². The molecule has 0 heterocycles. The van der Waals surface area contributed by atoms with Gasteiger partial charge in [-0.25, -0.2) is 0 Å². The van der Waals surface area contributed by atoms with Gasteiger partial charge < -0.3 is 0 Å². The minimum atomic E-state index is -4.04. The molecule has 0 fully saturated rings. The molecule has 0 radical (unpaired) electrons. The summed E-state index contributed by atoms with van der Waals surface area (Å²) in [7, 11) is 0. The minimum absolute atomic E-state index is 0.204. The number of carboxylic acids is 1. The molecule has 4 rings (SSSR count). The van der Waals surface area contributed by atoms with Crippen LogP contribution in [0.5, 0.6) is 0 Å². The van der Waals surface area contributed by atoms with Gasteiger partial charge in [-0.3, -0.25) is 0 Å². The first-order chi connectivity index (χ1) is 18.1. The predicted octanol–water partition coefficient (Wildman–Crippen LogP) is 6.27. The zero-order valence-corrected chi connectivity index (χ0v) is 23.4. The summed E-state index contributed by atoms with van der Waals surface area (Å²) < 4.78 is 6.96. The summed E-state index contributed by atoms with van der Waals surface area (Å²) in [6.45, 7) is 4.14. The number of aliphatic carboxylic acids is 1. The third kappa shape index (κ3) is 5.28. The zero-order chi connectivity index (χ0) is 27.4. The van der Waals surface area contributed by atoms with E-state index in [1.807, 2.05) is 57.2 Å². The molecule has 4 nitrogen and oxygen atoms in total. The Morgan fingerprint density at radius 3 is 1.47 bits per heavy atom. The molecule has 4 aromatic rings. The van der Waals surface area contributed by atoms with Crippen molar-refractivity contribution in [2.75, 3.05) is 0 Å². The van der Waals surface area contributed by atoms with Crippen molar-refractivity contribution in [3.8, 4) is 0 Å². The first-order valence-electron chi connectivity index (χ1n) is 12.9. The number of carboxylic acid groups (broad SMARTS) is 1. The van der Waals surface area contributed by atoms with Crippen molar-refractivity contribution >= 4 is 34.7 Å². The topological polar surface area (TPSA) is 63.6 Å². The van der Waals surface area contributed by atoms with Crippen LogP contribution in [0.25, 0.3) is 0 Å². The summed E-state index contributed by atoms with van der Waals surface area (Å²) >= 11 is 0. The van der Waals surface area contributed by atoms with E-state index in [4.69, 9.17) is 4.52 Å². The van der Waals surface area contributed by atoms with Gasteiger partial charge in [0.05, 0.1) is 0 Å². The van der Waals surface area contributed by atoms with E-state index in [2.05, 4.69) is 67.6 Å². The van der Waals surface area contributed by atoms with E-state index < -0.39 is 18.8 Å². The normalized spacial score (nSPS) is 12.4. The Hall–Kier alpha value is -3.75. The molecule has 0 aromatic heterocycles. The first-order valence-corrected chi connectivity index (χ1v) is 15.2.